The summed E-state index contributed by atoms with van der Waals surface area (Å²) in [5, 5.41) is 9.30. The van der Waals surface area contributed by atoms with Gasteiger partial charge in [-0.2, -0.15) is 4.98 Å². The molecule has 0 saturated carbocycles. The standard InChI is InChI=1S/C16H15FN6O/c17-13-4-2-1-3-12(13)14-19-16(22-21-14)20-15(24)10-5-6-23-9-18-8-11(23)7-10/h1-4,8-10H,5-7H2,(H2,19,20,21,22,24). The number of benzene rings is 1. The molecule has 1 aromatic carbocycles. The summed E-state index contributed by atoms with van der Waals surface area (Å²) in [5.74, 6) is -0.249. The molecular weight excluding hydrogens is 311 g/mol. The largest absolute Gasteiger partial charge is 0.335 e. The number of amides is 1. The third kappa shape index (κ3) is 2.66. The van der Waals surface area contributed by atoms with Gasteiger partial charge < -0.3 is 4.57 Å². The van der Waals surface area contributed by atoms with Crippen LogP contribution in [0.25, 0.3) is 11.4 Å². The maximum absolute atomic E-state index is 13.8. The molecule has 0 bridgehead atoms. The predicted octanol–water partition coefficient (Wildman–Crippen LogP) is 2.01. The van der Waals surface area contributed by atoms with E-state index in [-0.39, 0.29) is 23.6 Å². The van der Waals surface area contributed by atoms with E-state index in [1.807, 2.05) is 4.57 Å². The second-order valence-electron chi connectivity index (χ2n) is 5.74. The van der Waals surface area contributed by atoms with Gasteiger partial charge in [-0.15, -0.1) is 5.10 Å². The first-order chi connectivity index (χ1) is 11.7. The summed E-state index contributed by atoms with van der Waals surface area (Å²) in [5.41, 5.74) is 1.36. The fraction of sp³-hybridized carbons (Fsp3) is 0.250. The Labute approximate surface area is 136 Å². The highest BCUT2D eigenvalue weighted by atomic mass is 19.1. The Morgan fingerprint density at radius 1 is 1.38 bits per heavy atom. The lowest BCUT2D eigenvalue weighted by molar-refractivity contribution is -0.120. The van der Waals surface area contributed by atoms with Crippen LogP contribution in [-0.2, 0) is 17.8 Å². The van der Waals surface area contributed by atoms with Crippen molar-refractivity contribution < 1.29 is 9.18 Å². The molecule has 3 aromatic rings. The summed E-state index contributed by atoms with van der Waals surface area (Å²) < 4.78 is 15.8. The van der Waals surface area contributed by atoms with E-state index in [0.717, 1.165) is 18.7 Å². The van der Waals surface area contributed by atoms with Gasteiger partial charge in [0.05, 0.1) is 11.9 Å². The number of anilines is 1. The van der Waals surface area contributed by atoms with Crippen molar-refractivity contribution in [2.75, 3.05) is 5.32 Å². The van der Waals surface area contributed by atoms with E-state index in [1.54, 1.807) is 30.7 Å². The molecule has 1 aliphatic rings. The first-order valence-electron chi connectivity index (χ1n) is 7.68. The highest BCUT2D eigenvalue weighted by molar-refractivity contribution is 5.91. The third-order valence-corrected chi connectivity index (χ3v) is 4.19. The lowest BCUT2D eigenvalue weighted by Crippen LogP contribution is -2.30. The SMILES string of the molecule is O=C(Nc1n[nH]c(-c2ccccc2F)n1)C1CCn2cncc2C1. The molecule has 0 saturated heterocycles. The second kappa shape index (κ2) is 5.88. The summed E-state index contributed by atoms with van der Waals surface area (Å²) in [6.45, 7) is 0.766. The molecule has 0 aliphatic carbocycles. The normalized spacial score (nSPS) is 16.6. The van der Waals surface area contributed by atoms with E-state index in [9.17, 15) is 9.18 Å². The summed E-state index contributed by atoms with van der Waals surface area (Å²) >= 11 is 0. The quantitative estimate of drug-likeness (QED) is 0.770. The van der Waals surface area contributed by atoms with Gasteiger partial charge in [-0.3, -0.25) is 15.2 Å². The van der Waals surface area contributed by atoms with Crippen LogP contribution >= 0.6 is 0 Å². The first kappa shape index (κ1) is 14.6. The number of aromatic amines is 1. The number of H-pyrrole nitrogens is 1. The van der Waals surface area contributed by atoms with E-state index < -0.39 is 5.82 Å². The molecule has 24 heavy (non-hydrogen) atoms. The smallest absolute Gasteiger partial charge is 0.249 e. The highest BCUT2D eigenvalue weighted by Crippen LogP contribution is 2.22. The fourth-order valence-electron chi connectivity index (χ4n) is 2.90. The zero-order valence-electron chi connectivity index (χ0n) is 12.7. The van der Waals surface area contributed by atoms with Crippen molar-refractivity contribution in [1.29, 1.82) is 0 Å². The molecule has 0 spiro atoms. The van der Waals surface area contributed by atoms with E-state index >= 15 is 0 Å². The summed E-state index contributed by atoms with van der Waals surface area (Å²) in [4.78, 5) is 20.7. The van der Waals surface area contributed by atoms with Gasteiger partial charge in [0.1, 0.15) is 5.82 Å². The van der Waals surface area contributed by atoms with E-state index in [2.05, 4.69) is 25.5 Å². The number of aryl methyl sites for hydroxylation is 1. The number of hydrogen-bond acceptors (Lipinski definition) is 4. The van der Waals surface area contributed by atoms with Gasteiger partial charge in [0.2, 0.25) is 11.9 Å². The first-order valence-corrected chi connectivity index (χ1v) is 7.68. The van der Waals surface area contributed by atoms with E-state index in [0.29, 0.717) is 12.0 Å². The number of fused-ring (bicyclic) bond motifs is 1. The van der Waals surface area contributed by atoms with Gasteiger partial charge in [-0.25, -0.2) is 9.37 Å². The molecule has 1 aliphatic heterocycles. The summed E-state index contributed by atoms with van der Waals surface area (Å²) in [6, 6.07) is 6.26. The molecule has 3 heterocycles. The van der Waals surface area contributed by atoms with Gasteiger partial charge >= 0.3 is 0 Å². The topological polar surface area (TPSA) is 88.5 Å². The van der Waals surface area contributed by atoms with Crippen LogP contribution < -0.4 is 5.32 Å². The van der Waals surface area contributed by atoms with Crippen molar-refractivity contribution in [2.24, 2.45) is 5.92 Å². The summed E-state index contributed by atoms with van der Waals surface area (Å²) in [7, 11) is 0. The fourth-order valence-corrected chi connectivity index (χ4v) is 2.90. The monoisotopic (exact) mass is 326 g/mol. The Kier molecular flexibility index (Phi) is 3.56. The molecule has 2 N–H and O–H groups in total. The lowest BCUT2D eigenvalue weighted by Gasteiger charge is -2.22. The number of carbonyl (C=O) groups is 1. The van der Waals surface area contributed by atoms with Gasteiger partial charge in [-0.1, -0.05) is 12.1 Å². The maximum atomic E-state index is 13.8. The molecule has 1 atom stereocenters. The van der Waals surface area contributed by atoms with E-state index in [4.69, 9.17) is 0 Å². The second-order valence-corrected chi connectivity index (χ2v) is 5.74. The van der Waals surface area contributed by atoms with Gasteiger partial charge in [0.15, 0.2) is 5.82 Å². The van der Waals surface area contributed by atoms with Crippen LogP contribution in [0.3, 0.4) is 0 Å². The molecule has 4 rings (SSSR count). The lowest BCUT2D eigenvalue weighted by atomic mass is 9.95. The van der Waals surface area contributed by atoms with Crippen molar-refractivity contribution in [2.45, 2.75) is 19.4 Å². The molecule has 0 radical (unpaired) electrons. The van der Waals surface area contributed by atoms with Crippen LogP contribution in [0.1, 0.15) is 12.1 Å². The molecule has 1 unspecified atom stereocenters. The molecule has 122 valence electrons. The van der Waals surface area contributed by atoms with Gasteiger partial charge in [-0.05, 0) is 18.6 Å². The van der Waals surface area contributed by atoms with Crippen molar-refractivity contribution >= 4 is 11.9 Å². The Bertz CT molecular complexity index is 886. The number of imidazole rings is 1. The Hall–Kier alpha value is -3.03. The summed E-state index contributed by atoms with van der Waals surface area (Å²) in [6.07, 6.45) is 4.93. The Morgan fingerprint density at radius 2 is 2.25 bits per heavy atom. The average Bonchev–Trinajstić information content (AvgIpc) is 3.23. The Morgan fingerprint density at radius 3 is 3.12 bits per heavy atom. The molecule has 0 fully saturated rings. The van der Waals surface area contributed by atoms with Crippen molar-refractivity contribution in [3.8, 4) is 11.4 Å². The zero-order chi connectivity index (χ0) is 16.5. The minimum atomic E-state index is -0.396. The number of aromatic nitrogens is 5. The number of nitrogens with one attached hydrogen (secondary N) is 2. The number of nitrogens with zero attached hydrogens (tertiary/aromatic N) is 4. The van der Waals surface area contributed by atoms with Crippen LogP contribution in [0.15, 0.2) is 36.8 Å². The van der Waals surface area contributed by atoms with Crippen molar-refractivity contribution in [1.82, 2.24) is 24.7 Å². The minimum Gasteiger partial charge on any atom is -0.335 e. The number of halogens is 1. The molecule has 2 aromatic heterocycles. The Balaban J connectivity index is 1.47. The van der Waals surface area contributed by atoms with Crippen LogP contribution in [0.2, 0.25) is 0 Å². The van der Waals surface area contributed by atoms with Crippen molar-refractivity contribution in [3.05, 3.63) is 48.3 Å². The van der Waals surface area contributed by atoms with Gasteiger partial charge in [0.25, 0.3) is 0 Å². The van der Waals surface area contributed by atoms with Crippen LogP contribution in [0.4, 0.5) is 10.3 Å². The van der Waals surface area contributed by atoms with Crippen LogP contribution in [-0.4, -0.2) is 30.6 Å². The van der Waals surface area contributed by atoms with Crippen LogP contribution in [0.5, 0.6) is 0 Å². The van der Waals surface area contributed by atoms with Crippen LogP contribution in [0, 0.1) is 11.7 Å². The number of carbonyl (C=O) groups excluding carboxylic acids is 1. The average molecular weight is 326 g/mol. The van der Waals surface area contributed by atoms with E-state index in [1.165, 1.54) is 6.07 Å². The highest BCUT2D eigenvalue weighted by Gasteiger charge is 2.25. The third-order valence-electron chi connectivity index (χ3n) is 4.19. The predicted molar refractivity (Wildman–Crippen MR) is 84.4 cm³/mol. The maximum Gasteiger partial charge on any atom is 0.249 e. The van der Waals surface area contributed by atoms with Gasteiger partial charge in [0, 0.05) is 30.8 Å². The molecule has 1 amide bonds. The van der Waals surface area contributed by atoms with Crippen molar-refractivity contribution in [3.63, 3.8) is 0 Å². The minimum absolute atomic E-state index is 0.137. The molecule has 8 heteroatoms. The number of rotatable bonds is 3. The zero-order valence-corrected chi connectivity index (χ0v) is 12.7. The molecule has 7 nitrogen and oxygen atoms in total. The molecular formula is C16H15FN6O. The number of hydrogen-bond donors (Lipinski definition) is 2.